The van der Waals surface area contributed by atoms with Crippen molar-refractivity contribution in [3.05, 3.63) is 12.5 Å². The van der Waals surface area contributed by atoms with Crippen LogP contribution in [0.4, 0.5) is 0 Å². The first-order valence-electron chi connectivity index (χ1n) is 5.71. The largest absolute Gasteiger partial charge is 0.394 e. The van der Waals surface area contributed by atoms with E-state index in [2.05, 4.69) is 14.7 Å². The van der Waals surface area contributed by atoms with E-state index in [4.69, 9.17) is 0 Å². The summed E-state index contributed by atoms with van der Waals surface area (Å²) in [6, 6.07) is 0. The third-order valence-electron chi connectivity index (χ3n) is 3.23. The molecule has 96 valence electrons. The van der Waals surface area contributed by atoms with E-state index in [0.29, 0.717) is 12.8 Å². The molecule has 6 nitrogen and oxygen atoms in total. The van der Waals surface area contributed by atoms with Crippen LogP contribution in [-0.2, 0) is 10.0 Å². The molecule has 0 spiro atoms. The van der Waals surface area contributed by atoms with Crippen molar-refractivity contribution in [2.75, 3.05) is 6.61 Å². The Morgan fingerprint density at radius 3 is 2.65 bits per heavy atom. The van der Waals surface area contributed by atoms with Crippen LogP contribution in [0.15, 0.2) is 17.6 Å². The van der Waals surface area contributed by atoms with Crippen LogP contribution in [0.2, 0.25) is 0 Å². The topological polar surface area (TPSA) is 95.1 Å². The zero-order valence-corrected chi connectivity index (χ0v) is 10.3. The van der Waals surface area contributed by atoms with Gasteiger partial charge in [0.15, 0.2) is 5.03 Å². The van der Waals surface area contributed by atoms with Crippen LogP contribution in [0.25, 0.3) is 0 Å². The number of nitrogens with one attached hydrogen (secondary N) is 2. The Morgan fingerprint density at radius 1 is 1.41 bits per heavy atom. The van der Waals surface area contributed by atoms with Crippen LogP contribution in [0, 0.1) is 0 Å². The summed E-state index contributed by atoms with van der Waals surface area (Å²) in [4.78, 5) is 6.26. The number of rotatable bonds is 4. The van der Waals surface area contributed by atoms with E-state index in [1.54, 1.807) is 0 Å². The first-order valence-corrected chi connectivity index (χ1v) is 7.20. The number of aliphatic hydroxyl groups excluding tert-OH is 1. The van der Waals surface area contributed by atoms with Gasteiger partial charge in [-0.2, -0.15) is 0 Å². The lowest BCUT2D eigenvalue weighted by Gasteiger charge is -2.35. The molecule has 0 aromatic carbocycles. The summed E-state index contributed by atoms with van der Waals surface area (Å²) in [5.74, 6) is 0. The number of hydrogen-bond acceptors (Lipinski definition) is 4. The molecule has 1 saturated carbocycles. The molecule has 1 aromatic rings. The Kier molecular flexibility index (Phi) is 3.50. The minimum absolute atomic E-state index is 0.0379. The Balaban J connectivity index is 2.19. The van der Waals surface area contributed by atoms with Crippen LogP contribution in [0.5, 0.6) is 0 Å². The summed E-state index contributed by atoms with van der Waals surface area (Å²) in [5.41, 5.74) is -0.706. The second-order valence-electron chi connectivity index (χ2n) is 4.52. The summed E-state index contributed by atoms with van der Waals surface area (Å²) in [7, 11) is -3.62. The number of nitrogens with zero attached hydrogens (tertiary/aromatic N) is 1. The number of aromatic nitrogens is 2. The van der Waals surface area contributed by atoms with Gasteiger partial charge in [0.1, 0.15) is 0 Å². The quantitative estimate of drug-likeness (QED) is 0.728. The fourth-order valence-electron chi connectivity index (χ4n) is 2.25. The van der Waals surface area contributed by atoms with Crippen molar-refractivity contribution in [2.45, 2.75) is 42.7 Å². The van der Waals surface area contributed by atoms with Crippen molar-refractivity contribution in [3.63, 3.8) is 0 Å². The second-order valence-corrected chi connectivity index (χ2v) is 6.17. The normalized spacial score (nSPS) is 20.3. The number of aromatic amines is 1. The molecule has 1 heterocycles. The molecule has 3 N–H and O–H groups in total. The van der Waals surface area contributed by atoms with Gasteiger partial charge in [0.25, 0.3) is 10.0 Å². The standard InChI is InChI=1S/C10H17N3O3S/c14-7-10(4-2-1-3-5-10)13-17(15,16)9-6-11-8-12-9/h6,8,13-14H,1-5,7H2,(H,11,12). The lowest BCUT2D eigenvalue weighted by molar-refractivity contribution is 0.142. The maximum absolute atomic E-state index is 12.0. The third-order valence-corrected chi connectivity index (χ3v) is 4.73. The zero-order chi connectivity index (χ0) is 12.4. The van der Waals surface area contributed by atoms with Crippen molar-refractivity contribution in [1.29, 1.82) is 0 Å². The van der Waals surface area contributed by atoms with Crippen molar-refractivity contribution in [3.8, 4) is 0 Å². The summed E-state index contributed by atoms with van der Waals surface area (Å²) in [6.07, 6.45) is 6.90. The van der Waals surface area contributed by atoms with Crippen LogP contribution >= 0.6 is 0 Å². The third kappa shape index (κ3) is 2.67. The summed E-state index contributed by atoms with van der Waals surface area (Å²) in [6.45, 7) is -0.166. The first kappa shape index (κ1) is 12.5. The van der Waals surface area contributed by atoms with Crippen molar-refractivity contribution < 1.29 is 13.5 Å². The molecule has 1 fully saturated rings. The fourth-order valence-corrected chi connectivity index (χ4v) is 3.61. The van der Waals surface area contributed by atoms with Crippen LogP contribution < -0.4 is 4.72 Å². The second kappa shape index (κ2) is 4.75. The van der Waals surface area contributed by atoms with Gasteiger partial charge >= 0.3 is 0 Å². The Bertz CT molecular complexity index is 449. The van der Waals surface area contributed by atoms with Crippen molar-refractivity contribution >= 4 is 10.0 Å². The van der Waals surface area contributed by atoms with E-state index in [1.807, 2.05) is 0 Å². The maximum Gasteiger partial charge on any atom is 0.258 e. The summed E-state index contributed by atoms with van der Waals surface area (Å²) < 4.78 is 26.7. The number of imidazole rings is 1. The van der Waals surface area contributed by atoms with Crippen LogP contribution in [0.1, 0.15) is 32.1 Å². The molecule has 0 aliphatic heterocycles. The highest BCUT2D eigenvalue weighted by molar-refractivity contribution is 7.89. The number of aliphatic hydroxyl groups is 1. The highest BCUT2D eigenvalue weighted by Crippen LogP contribution is 2.29. The average molecular weight is 259 g/mol. The smallest absolute Gasteiger partial charge is 0.258 e. The van der Waals surface area contributed by atoms with E-state index in [1.165, 1.54) is 12.5 Å². The molecular weight excluding hydrogens is 242 g/mol. The molecule has 0 saturated heterocycles. The molecule has 0 bridgehead atoms. The van der Waals surface area contributed by atoms with E-state index >= 15 is 0 Å². The van der Waals surface area contributed by atoms with Gasteiger partial charge in [0.05, 0.1) is 24.7 Å². The maximum atomic E-state index is 12.0. The molecule has 2 rings (SSSR count). The molecule has 0 atom stereocenters. The molecular formula is C10H17N3O3S. The van der Waals surface area contributed by atoms with Gasteiger partial charge < -0.3 is 10.1 Å². The average Bonchev–Trinajstić information content (AvgIpc) is 2.84. The van der Waals surface area contributed by atoms with Crippen molar-refractivity contribution in [1.82, 2.24) is 14.7 Å². The summed E-state index contributed by atoms with van der Waals surface area (Å²) >= 11 is 0. The van der Waals surface area contributed by atoms with Gasteiger partial charge in [0, 0.05) is 0 Å². The lowest BCUT2D eigenvalue weighted by atomic mass is 9.83. The lowest BCUT2D eigenvalue weighted by Crippen LogP contribution is -2.52. The highest BCUT2D eigenvalue weighted by atomic mass is 32.2. The van der Waals surface area contributed by atoms with E-state index in [0.717, 1.165) is 19.3 Å². The van der Waals surface area contributed by atoms with Gasteiger partial charge in [-0.25, -0.2) is 18.1 Å². The van der Waals surface area contributed by atoms with Gasteiger partial charge in [-0.15, -0.1) is 0 Å². The zero-order valence-electron chi connectivity index (χ0n) is 9.52. The summed E-state index contributed by atoms with van der Waals surface area (Å²) in [5, 5.41) is 9.49. The molecule has 17 heavy (non-hydrogen) atoms. The van der Waals surface area contributed by atoms with Gasteiger partial charge in [-0.1, -0.05) is 19.3 Å². The molecule has 1 aliphatic carbocycles. The predicted octanol–water partition coefficient (Wildman–Crippen LogP) is 0.383. The SMILES string of the molecule is O=S(=O)(NC1(CO)CCCCC1)c1cnc[nH]1. The Morgan fingerprint density at radius 2 is 2.12 bits per heavy atom. The Hall–Kier alpha value is -0.920. The van der Waals surface area contributed by atoms with E-state index in [9.17, 15) is 13.5 Å². The minimum atomic E-state index is -3.62. The van der Waals surface area contributed by atoms with Crippen LogP contribution in [-0.4, -0.2) is 35.6 Å². The highest BCUT2D eigenvalue weighted by Gasteiger charge is 2.36. The molecule has 1 aromatic heterocycles. The van der Waals surface area contributed by atoms with Gasteiger partial charge in [-0.05, 0) is 12.8 Å². The van der Waals surface area contributed by atoms with Gasteiger partial charge in [-0.3, -0.25) is 0 Å². The molecule has 0 unspecified atom stereocenters. The number of H-pyrrole nitrogens is 1. The number of sulfonamides is 1. The van der Waals surface area contributed by atoms with Gasteiger partial charge in [0.2, 0.25) is 0 Å². The van der Waals surface area contributed by atoms with Crippen molar-refractivity contribution in [2.24, 2.45) is 0 Å². The monoisotopic (exact) mass is 259 g/mol. The molecule has 7 heteroatoms. The molecule has 0 radical (unpaired) electrons. The van der Waals surface area contributed by atoms with E-state index in [-0.39, 0.29) is 11.6 Å². The Labute approximate surface area is 101 Å². The first-order chi connectivity index (χ1) is 8.08. The number of hydrogen-bond donors (Lipinski definition) is 3. The molecule has 1 aliphatic rings. The van der Waals surface area contributed by atoms with E-state index < -0.39 is 15.6 Å². The predicted molar refractivity (Wildman–Crippen MR) is 61.8 cm³/mol. The molecule has 0 amide bonds. The minimum Gasteiger partial charge on any atom is -0.394 e. The fraction of sp³-hybridized carbons (Fsp3) is 0.700. The van der Waals surface area contributed by atoms with Crippen LogP contribution in [0.3, 0.4) is 0 Å².